The molecule has 1 amide bonds. The summed E-state index contributed by atoms with van der Waals surface area (Å²) in [6, 6.07) is 22.9. The van der Waals surface area contributed by atoms with E-state index in [-0.39, 0.29) is 12.2 Å². The van der Waals surface area contributed by atoms with Crippen LogP contribution < -0.4 is 10.6 Å². The molecule has 0 aliphatic carbocycles. The first-order valence-corrected chi connectivity index (χ1v) is 12.1. The van der Waals surface area contributed by atoms with Gasteiger partial charge in [-0.25, -0.2) is 4.79 Å². The number of carbonyl (C=O) groups excluding carboxylic acids is 2. The minimum atomic E-state index is -0.454. The smallest absolute Gasteiger partial charge is 0.337 e. The number of hydrogen-bond acceptors (Lipinski definition) is 7. The normalized spacial score (nSPS) is 16.5. The lowest BCUT2D eigenvalue weighted by Crippen LogP contribution is -2.29. The molecule has 1 saturated heterocycles. The Kier molecular flexibility index (Phi) is 7.32. The summed E-state index contributed by atoms with van der Waals surface area (Å²) in [5, 5.41) is 6.36. The van der Waals surface area contributed by atoms with Crippen LogP contribution in [0.4, 0.5) is 11.4 Å². The van der Waals surface area contributed by atoms with E-state index in [9.17, 15) is 9.59 Å². The molecular formula is C29H29N3O5. The Hall–Kier alpha value is -3.98. The number of hydrogen-bond donors (Lipinski definition) is 2. The molecular weight excluding hydrogens is 470 g/mol. The van der Waals surface area contributed by atoms with Gasteiger partial charge in [-0.1, -0.05) is 48.5 Å². The lowest BCUT2D eigenvalue weighted by Gasteiger charge is -2.20. The molecule has 2 N–H and O–H groups in total. The number of benzene rings is 3. The highest BCUT2D eigenvalue weighted by atomic mass is 16.7. The molecule has 8 heteroatoms. The second kappa shape index (κ2) is 11.0. The van der Waals surface area contributed by atoms with Gasteiger partial charge in [-0.2, -0.15) is 0 Å². The van der Waals surface area contributed by atoms with Crippen LogP contribution in [0, 0.1) is 0 Å². The third-order valence-corrected chi connectivity index (χ3v) is 6.33. The number of ether oxygens (including phenoxy) is 3. The molecule has 3 aromatic carbocycles. The van der Waals surface area contributed by atoms with Crippen LogP contribution in [0.15, 0.2) is 72.8 Å². The number of nitrogens with zero attached hydrogens (tertiary/aromatic N) is 1. The zero-order valence-corrected chi connectivity index (χ0v) is 20.8. The number of rotatable bonds is 8. The number of methoxy groups -OCH3 is 1. The van der Waals surface area contributed by atoms with Gasteiger partial charge in [-0.15, -0.1) is 0 Å². The number of anilines is 2. The molecule has 37 heavy (non-hydrogen) atoms. The van der Waals surface area contributed by atoms with Crippen LogP contribution in [0.2, 0.25) is 0 Å². The Balaban J connectivity index is 1.42. The second-order valence-electron chi connectivity index (χ2n) is 9.01. The molecule has 2 heterocycles. The van der Waals surface area contributed by atoms with E-state index in [1.54, 1.807) is 18.2 Å². The van der Waals surface area contributed by atoms with Crippen molar-refractivity contribution in [2.45, 2.75) is 12.8 Å². The van der Waals surface area contributed by atoms with Gasteiger partial charge in [0.15, 0.2) is 6.29 Å². The van der Waals surface area contributed by atoms with Gasteiger partial charge in [0, 0.05) is 24.3 Å². The van der Waals surface area contributed by atoms with E-state index in [0.717, 1.165) is 28.9 Å². The van der Waals surface area contributed by atoms with Gasteiger partial charge in [-0.3, -0.25) is 9.69 Å². The highest BCUT2D eigenvalue weighted by Crippen LogP contribution is 2.38. The first kappa shape index (κ1) is 24.7. The van der Waals surface area contributed by atoms with E-state index in [4.69, 9.17) is 14.2 Å². The standard InChI is InChI=1S/C29H29N3O5/c1-32(18-25-36-14-15-37-25)17-19-8-11-22(12-9-19)30-27(20-6-4-3-5-7-20)26-23-13-10-21(29(34)35-2)16-24(23)31-28(26)33/h3-13,16,25,30H,14-15,17-18H2,1-2H3,(H,31,33)/b27-26-. The maximum Gasteiger partial charge on any atom is 0.337 e. The van der Waals surface area contributed by atoms with Crippen molar-refractivity contribution in [3.8, 4) is 0 Å². The summed E-state index contributed by atoms with van der Waals surface area (Å²) < 4.78 is 15.9. The molecule has 5 rings (SSSR count). The van der Waals surface area contributed by atoms with Crippen LogP contribution in [0.25, 0.3) is 11.3 Å². The number of esters is 1. The lowest BCUT2D eigenvalue weighted by atomic mass is 9.99. The summed E-state index contributed by atoms with van der Waals surface area (Å²) in [4.78, 5) is 27.3. The molecule has 0 radical (unpaired) electrons. The molecule has 0 bridgehead atoms. The third-order valence-electron chi connectivity index (χ3n) is 6.33. The van der Waals surface area contributed by atoms with Crippen molar-refractivity contribution in [2.75, 3.05) is 44.5 Å². The monoisotopic (exact) mass is 499 g/mol. The minimum absolute atomic E-state index is 0.171. The Bertz CT molecular complexity index is 1320. The summed E-state index contributed by atoms with van der Waals surface area (Å²) in [6.45, 7) is 2.76. The first-order valence-electron chi connectivity index (χ1n) is 12.1. The average Bonchev–Trinajstić information content (AvgIpc) is 3.54. The van der Waals surface area contributed by atoms with Gasteiger partial charge >= 0.3 is 5.97 Å². The maximum absolute atomic E-state index is 13.2. The van der Waals surface area contributed by atoms with Crippen molar-refractivity contribution in [3.05, 3.63) is 95.1 Å². The Morgan fingerprint density at radius 1 is 1.03 bits per heavy atom. The molecule has 0 spiro atoms. The van der Waals surface area contributed by atoms with Crippen LogP contribution in [-0.4, -0.2) is 57.0 Å². The van der Waals surface area contributed by atoms with Crippen molar-refractivity contribution >= 4 is 34.5 Å². The first-order chi connectivity index (χ1) is 18.0. The highest BCUT2D eigenvalue weighted by Gasteiger charge is 2.29. The number of likely N-dealkylation sites (N-methyl/N-ethyl adjacent to an activating group) is 1. The van der Waals surface area contributed by atoms with Crippen molar-refractivity contribution in [3.63, 3.8) is 0 Å². The number of amides is 1. The molecule has 0 aromatic heterocycles. The van der Waals surface area contributed by atoms with Crippen LogP contribution in [-0.2, 0) is 25.5 Å². The Morgan fingerprint density at radius 3 is 2.46 bits per heavy atom. The third kappa shape index (κ3) is 5.56. The van der Waals surface area contributed by atoms with Gasteiger partial charge in [0.1, 0.15) is 0 Å². The summed E-state index contributed by atoms with van der Waals surface area (Å²) in [5.41, 5.74) is 5.75. The average molecular weight is 500 g/mol. The quantitative estimate of drug-likeness (QED) is 0.355. The van der Waals surface area contributed by atoms with E-state index in [0.29, 0.717) is 42.3 Å². The zero-order valence-electron chi connectivity index (χ0n) is 20.8. The van der Waals surface area contributed by atoms with Gasteiger partial charge in [0.25, 0.3) is 5.91 Å². The second-order valence-corrected chi connectivity index (χ2v) is 9.01. The van der Waals surface area contributed by atoms with E-state index >= 15 is 0 Å². The summed E-state index contributed by atoms with van der Waals surface area (Å²) in [6.07, 6.45) is -0.171. The van der Waals surface area contributed by atoms with Gasteiger partial charge in [-0.05, 0) is 42.4 Å². The molecule has 2 aliphatic rings. The molecule has 8 nitrogen and oxygen atoms in total. The van der Waals surface area contributed by atoms with Gasteiger partial charge < -0.3 is 24.8 Å². The van der Waals surface area contributed by atoms with E-state index in [2.05, 4.69) is 27.7 Å². The van der Waals surface area contributed by atoms with Gasteiger partial charge in [0.05, 0.1) is 42.8 Å². The van der Waals surface area contributed by atoms with Gasteiger partial charge in [0.2, 0.25) is 0 Å². The van der Waals surface area contributed by atoms with Crippen molar-refractivity contribution < 1.29 is 23.8 Å². The van der Waals surface area contributed by atoms with E-state index < -0.39 is 5.97 Å². The molecule has 2 aliphatic heterocycles. The predicted octanol–water partition coefficient (Wildman–Crippen LogP) is 4.21. The van der Waals surface area contributed by atoms with Crippen LogP contribution >= 0.6 is 0 Å². The fraction of sp³-hybridized carbons (Fsp3) is 0.241. The molecule has 0 atom stereocenters. The SMILES string of the molecule is COC(=O)c1ccc2c(c1)NC(=O)/C2=C(\Nc1ccc(CN(C)CC2OCCO2)cc1)c1ccccc1. The fourth-order valence-corrected chi connectivity index (χ4v) is 4.53. The topological polar surface area (TPSA) is 89.1 Å². The van der Waals surface area contributed by atoms with Crippen LogP contribution in [0.5, 0.6) is 0 Å². The Labute approximate surface area is 215 Å². The molecule has 0 unspecified atom stereocenters. The minimum Gasteiger partial charge on any atom is -0.465 e. The van der Waals surface area contributed by atoms with Crippen molar-refractivity contribution in [2.24, 2.45) is 0 Å². The molecule has 1 fully saturated rings. The zero-order chi connectivity index (χ0) is 25.8. The fourth-order valence-electron chi connectivity index (χ4n) is 4.53. The summed E-state index contributed by atoms with van der Waals surface area (Å²) >= 11 is 0. The highest BCUT2D eigenvalue weighted by molar-refractivity contribution is 6.37. The van der Waals surface area contributed by atoms with Crippen molar-refractivity contribution in [1.82, 2.24) is 4.90 Å². The molecule has 3 aromatic rings. The van der Waals surface area contributed by atoms with Crippen molar-refractivity contribution in [1.29, 1.82) is 0 Å². The largest absolute Gasteiger partial charge is 0.465 e. The maximum atomic E-state index is 13.2. The summed E-state index contributed by atoms with van der Waals surface area (Å²) in [7, 11) is 3.37. The molecule has 190 valence electrons. The lowest BCUT2D eigenvalue weighted by molar-refractivity contribution is -0.110. The molecule has 0 saturated carbocycles. The number of carbonyl (C=O) groups is 2. The summed E-state index contributed by atoms with van der Waals surface area (Å²) in [5.74, 6) is -0.692. The Morgan fingerprint density at radius 2 is 1.76 bits per heavy atom. The number of nitrogens with one attached hydrogen (secondary N) is 2. The van der Waals surface area contributed by atoms with Crippen LogP contribution in [0.3, 0.4) is 0 Å². The van der Waals surface area contributed by atoms with Crippen LogP contribution in [0.1, 0.15) is 27.0 Å². The van der Waals surface area contributed by atoms with E-state index in [1.165, 1.54) is 7.11 Å². The number of fused-ring (bicyclic) bond motifs is 1. The predicted molar refractivity (Wildman–Crippen MR) is 142 cm³/mol. The van der Waals surface area contributed by atoms with E-state index in [1.807, 2.05) is 49.5 Å².